The van der Waals surface area contributed by atoms with Crippen LogP contribution in [0, 0.1) is 0 Å². The molecule has 5 rings (SSSR count). The first-order valence-corrected chi connectivity index (χ1v) is 14.3. The third-order valence-corrected chi connectivity index (χ3v) is 8.42. The molecule has 3 aromatic rings. The fraction of sp³-hybridized carbons (Fsp3) is 0.412. The molecule has 0 aromatic heterocycles. The van der Waals surface area contributed by atoms with Crippen LogP contribution >= 0.6 is 0 Å². The number of benzene rings is 3. The number of esters is 1. The summed E-state index contributed by atoms with van der Waals surface area (Å²) in [6.07, 6.45) is -0.594. The van der Waals surface area contributed by atoms with Crippen molar-refractivity contribution in [2.75, 3.05) is 21.3 Å². The van der Waals surface area contributed by atoms with Crippen LogP contribution in [0.2, 0.25) is 0 Å². The van der Waals surface area contributed by atoms with Gasteiger partial charge >= 0.3 is 5.97 Å². The molecule has 2 aliphatic heterocycles. The Hall–Kier alpha value is -3.88. The SMILES string of the molecule is COc1ccc(C(O[C@H]2[C@@H](OC(C)=O)[C@@H]3CC(=O)C[C@H]2N3C(C)C)(c2ccc(OC)cc2)c2ccc(OC)cc2)cc1. The number of carbonyl (C=O) groups excluding carboxylic acids is 2. The zero-order valence-corrected chi connectivity index (χ0v) is 25.0. The van der Waals surface area contributed by atoms with E-state index in [9.17, 15) is 9.59 Å². The van der Waals surface area contributed by atoms with Gasteiger partial charge < -0.3 is 23.7 Å². The number of rotatable bonds is 10. The minimum Gasteiger partial charge on any atom is -0.497 e. The maximum absolute atomic E-state index is 13.0. The molecule has 4 atom stereocenters. The Morgan fingerprint density at radius 3 is 1.43 bits per heavy atom. The summed E-state index contributed by atoms with van der Waals surface area (Å²) in [5.74, 6) is 1.88. The van der Waals surface area contributed by atoms with Crippen molar-refractivity contribution in [2.24, 2.45) is 0 Å². The fourth-order valence-electron chi connectivity index (χ4n) is 6.65. The molecular formula is C34H39NO7. The highest BCUT2D eigenvalue weighted by atomic mass is 16.6. The van der Waals surface area contributed by atoms with E-state index in [1.54, 1.807) is 21.3 Å². The summed E-state index contributed by atoms with van der Waals surface area (Å²) in [7, 11) is 4.89. The lowest BCUT2D eigenvalue weighted by atomic mass is 9.79. The Bertz CT molecular complexity index is 1270. The van der Waals surface area contributed by atoms with Crippen molar-refractivity contribution in [1.82, 2.24) is 4.90 Å². The van der Waals surface area contributed by atoms with E-state index < -0.39 is 23.8 Å². The van der Waals surface area contributed by atoms with Gasteiger partial charge in [0.15, 0.2) is 0 Å². The third kappa shape index (κ3) is 5.37. The first-order chi connectivity index (χ1) is 20.2. The van der Waals surface area contributed by atoms with Gasteiger partial charge in [0.25, 0.3) is 0 Å². The van der Waals surface area contributed by atoms with Crippen molar-refractivity contribution < 1.29 is 33.3 Å². The molecular weight excluding hydrogens is 534 g/mol. The first-order valence-electron chi connectivity index (χ1n) is 14.3. The van der Waals surface area contributed by atoms with Gasteiger partial charge in [-0.15, -0.1) is 0 Å². The van der Waals surface area contributed by atoms with Crippen molar-refractivity contribution in [1.29, 1.82) is 0 Å². The van der Waals surface area contributed by atoms with Gasteiger partial charge in [-0.3, -0.25) is 14.5 Å². The van der Waals surface area contributed by atoms with Gasteiger partial charge in [0.2, 0.25) is 0 Å². The van der Waals surface area contributed by atoms with Crippen LogP contribution in [0.5, 0.6) is 17.2 Å². The molecule has 2 fully saturated rings. The summed E-state index contributed by atoms with van der Waals surface area (Å²) < 4.78 is 29.9. The summed E-state index contributed by atoms with van der Waals surface area (Å²) in [5.41, 5.74) is 1.40. The van der Waals surface area contributed by atoms with Gasteiger partial charge in [-0.1, -0.05) is 36.4 Å². The average Bonchev–Trinajstić information content (AvgIpc) is 3.19. The lowest BCUT2D eigenvalue weighted by molar-refractivity contribution is -0.160. The summed E-state index contributed by atoms with van der Waals surface area (Å²) >= 11 is 0. The number of piperidine rings is 1. The van der Waals surface area contributed by atoms with Gasteiger partial charge in [0.1, 0.15) is 40.8 Å². The molecule has 0 amide bonds. The molecule has 222 valence electrons. The van der Waals surface area contributed by atoms with Crippen LogP contribution in [0.1, 0.15) is 50.3 Å². The van der Waals surface area contributed by atoms with Crippen LogP contribution in [0.3, 0.4) is 0 Å². The molecule has 0 N–H and O–H groups in total. The Morgan fingerprint density at radius 2 is 1.10 bits per heavy atom. The van der Waals surface area contributed by atoms with E-state index in [-0.39, 0.29) is 23.9 Å². The fourth-order valence-corrected chi connectivity index (χ4v) is 6.65. The Balaban J connectivity index is 1.76. The molecule has 0 saturated carbocycles. The molecule has 0 spiro atoms. The summed E-state index contributed by atoms with van der Waals surface area (Å²) in [6, 6.07) is 22.9. The normalized spacial score (nSPS) is 22.2. The minimum atomic E-state index is -1.16. The van der Waals surface area contributed by atoms with Crippen molar-refractivity contribution in [3.8, 4) is 17.2 Å². The minimum absolute atomic E-state index is 0.122. The van der Waals surface area contributed by atoms with Crippen molar-refractivity contribution >= 4 is 11.8 Å². The number of methoxy groups -OCH3 is 3. The van der Waals surface area contributed by atoms with Crippen LogP contribution in [0.4, 0.5) is 0 Å². The first kappa shape index (κ1) is 29.6. The maximum Gasteiger partial charge on any atom is 0.303 e. The average molecular weight is 574 g/mol. The number of fused-ring (bicyclic) bond motifs is 2. The largest absolute Gasteiger partial charge is 0.497 e. The number of nitrogens with zero attached hydrogens (tertiary/aromatic N) is 1. The summed E-state index contributed by atoms with van der Waals surface area (Å²) in [5, 5.41) is 0. The highest BCUT2D eigenvalue weighted by molar-refractivity contribution is 5.81. The molecule has 8 nitrogen and oxygen atoms in total. The van der Waals surface area contributed by atoms with Gasteiger partial charge in [-0.2, -0.15) is 0 Å². The molecule has 0 aliphatic carbocycles. The number of hydrogen-bond donors (Lipinski definition) is 0. The topological polar surface area (TPSA) is 83.5 Å². The van der Waals surface area contributed by atoms with E-state index in [0.717, 1.165) is 16.7 Å². The van der Waals surface area contributed by atoms with Crippen LogP contribution in [0.15, 0.2) is 72.8 Å². The predicted molar refractivity (Wildman–Crippen MR) is 158 cm³/mol. The van der Waals surface area contributed by atoms with Crippen LogP contribution in [-0.2, 0) is 24.7 Å². The molecule has 0 unspecified atom stereocenters. The monoisotopic (exact) mass is 573 g/mol. The van der Waals surface area contributed by atoms with Crippen molar-refractivity contribution in [3.63, 3.8) is 0 Å². The summed E-state index contributed by atoms with van der Waals surface area (Å²) in [6.45, 7) is 5.61. The number of ketones is 1. The molecule has 8 heteroatoms. The van der Waals surface area contributed by atoms with Crippen molar-refractivity contribution in [3.05, 3.63) is 89.5 Å². The molecule has 2 saturated heterocycles. The standard InChI is InChI=1S/C34H39NO7/c1-21(2)35-30-19-26(37)20-31(35)33(32(30)41-22(3)36)42-34(23-7-13-27(38-4)14-8-23,24-9-15-28(39-5)16-10-24)25-11-17-29(40-6)18-12-25/h7-18,21,30-33H,19-20H2,1-6H3/t30-,31+,32-,33+/m0/s1. The maximum atomic E-state index is 13.0. The van der Waals surface area contributed by atoms with E-state index in [2.05, 4.69) is 18.7 Å². The molecule has 3 aromatic carbocycles. The second-order valence-electron chi connectivity index (χ2n) is 11.1. The second kappa shape index (κ2) is 12.2. The van der Waals surface area contributed by atoms with E-state index in [4.69, 9.17) is 23.7 Å². The Morgan fingerprint density at radius 1 is 0.714 bits per heavy atom. The molecule has 2 bridgehead atoms. The smallest absolute Gasteiger partial charge is 0.303 e. The number of Topliss-reactive ketones (excluding diaryl/α,β-unsaturated/α-hetero) is 1. The Kier molecular flexibility index (Phi) is 8.57. The van der Waals surface area contributed by atoms with Crippen LogP contribution in [-0.4, -0.2) is 68.3 Å². The number of carbonyl (C=O) groups is 2. The molecule has 2 heterocycles. The van der Waals surface area contributed by atoms with E-state index in [1.165, 1.54) is 6.92 Å². The summed E-state index contributed by atoms with van der Waals surface area (Å²) in [4.78, 5) is 27.7. The van der Waals surface area contributed by atoms with Gasteiger partial charge in [-0.05, 0) is 66.9 Å². The second-order valence-corrected chi connectivity index (χ2v) is 11.1. The van der Waals surface area contributed by atoms with E-state index in [0.29, 0.717) is 30.1 Å². The van der Waals surface area contributed by atoms with Gasteiger partial charge in [-0.25, -0.2) is 0 Å². The quantitative estimate of drug-likeness (QED) is 0.243. The van der Waals surface area contributed by atoms with E-state index >= 15 is 0 Å². The lowest BCUT2D eigenvalue weighted by Crippen LogP contribution is -2.50. The highest BCUT2D eigenvalue weighted by Gasteiger charge is 2.58. The number of hydrogen-bond acceptors (Lipinski definition) is 8. The number of ether oxygens (including phenoxy) is 5. The Labute approximate surface area is 247 Å². The highest BCUT2D eigenvalue weighted by Crippen LogP contribution is 2.48. The van der Waals surface area contributed by atoms with Gasteiger partial charge in [0, 0.05) is 31.8 Å². The molecule has 2 aliphatic rings. The third-order valence-electron chi connectivity index (χ3n) is 8.42. The van der Waals surface area contributed by atoms with Gasteiger partial charge in [0.05, 0.1) is 27.4 Å². The van der Waals surface area contributed by atoms with Crippen molar-refractivity contribution in [2.45, 2.75) is 69.5 Å². The van der Waals surface area contributed by atoms with E-state index in [1.807, 2.05) is 72.8 Å². The molecule has 42 heavy (non-hydrogen) atoms. The van der Waals surface area contributed by atoms with Crippen LogP contribution in [0.25, 0.3) is 0 Å². The zero-order valence-electron chi connectivity index (χ0n) is 25.0. The molecule has 0 radical (unpaired) electrons. The van der Waals surface area contributed by atoms with Crippen LogP contribution < -0.4 is 14.2 Å². The lowest BCUT2D eigenvalue weighted by Gasteiger charge is -2.41. The predicted octanol–water partition coefficient (Wildman–Crippen LogP) is 5.15. The zero-order chi connectivity index (χ0) is 30.0.